The lowest BCUT2D eigenvalue weighted by molar-refractivity contribution is -0.121. The van der Waals surface area contributed by atoms with Gasteiger partial charge >= 0.3 is 6.09 Å². The van der Waals surface area contributed by atoms with Gasteiger partial charge in [0, 0.05) is 7.05 Å². The van der Waals surface area contributed by atoms with Crippen LogP contribution in [0.1, 0.15) is 40.5 Å². The lowest BCUT2D eigenvalue weighted by atomic mass is 10.0. The molecule has 0 heterocycles. The van der Waals surface area contributed by atoms with E-state index >= 15 is 0 Å². The van der Waals surface area contributed by atoms with E-state index in [-0.39, 0.29) is 5.78 Å². The summed E-state index contributed by atoms with van der Waals surface area (Å²) in [4.78, 5) is 25.3. The molecule has 1 aliphatic rings. The molecule has 1 amide bonds. The number of amides is 1. The van der Waals surface area contributed by atoms with Crippen molar-refractivity contribution >= 4 is 11.9 Å². The average Bonchev–Trinajstić information content (AvgIpc) is 2.93. The molecular formula is C13H21NO3. The summed E-state index contributed by atoms with van der Waals surface area (Å²) in [5.41, 5.74) is -0.764. The molecule has 0 spiro atoms. The molecular weight excluding hydrogens is 218 g/mol. The summed E-state index contributed by atoms with van der Waals surface area (Å²) < 4.78 is 5.26. The predicted molar refractivity (Wildman–Crippen MR) is 65.8 cm³/mol. The Bertz CT molecular complexity index is 361. The summed E-state index contributed by atoms with van der Waals surface area (Å²) >= 11 is 0. The Morgan fingerprint density at radius 1 is 1.29 bits per heavy atom. The van der Waals surface area contributed by atoms with Gasteiger partial charge in [-0.05, 0) is 46.1 Å². The maximum absolute atomic E-state index is 12.0. The van der Waals surface area contributed by atoms with E-state index in [4.69, 9.17) is 4.74 Å². The summed E-state index contributed by atoms with van der Waals surface area (Å²) in [5, 5.41) is 0. The minimum atomic E-state index is -0.700. The van der Waals surface area contributed by atoms with Crippen molar-refractivity contribution in [1.82, 2.24) is 4.90 Å². The highest BCUT2D eigenvalue weighted by atomic mass is 16.6. The second-order valence-electron chi connectivity index (χ2n) is 5.68. The fourth-order valence-corrected chi connectivity index (χ4v) is 1.74. The third kappa shape index (κ3) is 2.87. The van der Waals surface area contributed by atoms with Crippen molar-refractivity contribution in [3.05, 3.63) is 12.2 Å². The third-order valence-corrected chi connectivity index (χ3v) is 2.84. The first-order chi connectivity index (χ1) is 7.60. The van der Waals surface area contributed by atoms with Gasteiger partial charge in [0.25, 0.3) is 0 Å². The van der Waals surface area contributed by atoms with Crippen molar-refractivity contribution in [2.45, 2.75) is 51.7 Å². The Balaban J connectivity index is 2.77. The molecule has 1 fully saturated rings. The number of ketones is 1. The normalized spacial score (nSPS) is 17.2. The number of hydrogen-bond donors (Lipinski definition) is 0. The van der Waals surface area contributed by atoms with Crippen LogP contribution in [0.3, 0.4) is 0 Å². The SMILES string of the molecule is C=C(C)C(=O)C1(N(C)C(=O)OC(C)(C)C)CC1. The largest absolute Gasteiger partial charge is 0.444 e. The van der Waals surface area contributed by atoms with Crippen LogP contribution >= 0.6 is 0 Å². The number of carbonyl (C=O) groups excluding carboxylic acids is 2. The molecule has 0 saturated heterocycles. The molecule has 0 aromatic rings. The summed E-state index contributed by atoms with van der Waals surface area (Å²) in [7, 11) is 1.61. The van der Waals surface area contributed by atoms with Crippen molar-refractivity contribution in [3.8, 4) is 0 Å². The van der Waals surface area contributed by atoms with Gasteiger partial charge in [0.2, 0.25) is 0 Å². The van der Waals surface area contributed by atoms with Crippen LogP contribution in [-0.4, -0.2) is 35.0 Å². The van der Waals surface area contributed by atoms with Gasteiger partial charge in [0.05, 0.1) is 0 Å². The van der Waals surface area contributed by atoms with Crippen LogP contribution in [0.25, 0.3) is 0 Å². The van der Waals surface area contributed by atoms with Gasteiger partial charge in [0.15, 0.2) is 5.78 Å². The zero-order valence-electron chi connectivity index (χ0n) is 11.3. The molecule has 1 aliphatic carbocycles. The topological polar surface area (TPSA) is 46.6 Å². The number of likely N-dealkylation sites (N-methyl/N-ethyl adjacent to an activating group) is 1. The van der Waals surface area contributed by atoms with Gasteiger partial charge in [0.1, 0.15) is 11.1 Å². The van der Waals surface area contributed by atoms with Crippen molar-refractivity contribution in [2.24, 2.45) is 0 Å². The molecule has 17 heavy (non-hydrogen) atoms. The summed E-state index contributed by atoms with van der Waals surface area (Å²) in [6.07, 6.45) is 0.924. The minimum Gasteiger partial charge on any atom is -0.444 e. The number of carbonyl (C=O) groups is 2. The number of rotatable bonds is 3. The zero-order valence-corrected chi connectivity index (χ0v) is 11.3. The van der Waals surface area contributed by atoms with Gasteiger partial charge in [-0.3, -0.25) is 9.69 Å². The molecule has 0 radical (unpaired) electrons. The van der Waals surface area contributed by atoms with Gasteiger partial charge in [-0.2, -0.15) is 0 Å². The lowest BCUT2D eigenvalue weighted by Crippen LogP contribution is -2.47. The highest BCUT2D eigenvalue weighted by Crippen LogP contribution is 2.43. The maximum Gasteiger partial charge on any atom is 0.410 e. The van der Waals surface area contributed by atoms with Crippen LogP contribution in [0, 0.1) is 0 Å². The van der Waals surface area contributed by atoms with E-state index in [1.165, 1.54) is 4.90 Å². The number of hydrogen-bond acceptors (Lipinski definition) is 3. The smallest absolute Gasteiger partial charge is 0.410 e. The molecule has 4 nitrogen and oxygen atoms in total. The molecule has 96 valence electrons. The van der Waals surface area contributed by atoms with E-state index in [0.717, 1.165) is 0 Å². The number of nitrogens with zero attached hydrogens (tertiary/aromatic N) is 1. The van der Waals surface area contributed by atoms with Crippen molar-refractivity contribution in [3.63, 3.8) is 0 Å². The fourth-order valence-electron chi connectivity index (χ4n) is 1.74. The molecule has 0 aromatic carbocycles. The molecule has 1 saturated carbocycles. The Morgan fingerprint density at radius 3 is 2.06 bits per heavy atom. The van der Waals surface area contributed by atoms with E-state index in [1.807, 2.05) is 0 Å². The summed E-state index contributed by atoms with van der Waals surface area (Å²) in [5.74, 6) is -0.0640. The van der Waals surface area contributed by atoms with Crippen LogP contribution in [0.4, 0.5) is 4.79 Å². The van der Waals surface area contributed by atoms with E-state index in [2.05, 4.69) is 6.58 Å². The first kappa shape index (κ1) is 13.7. The van der Waals surface area contributed by atoms with Crippen molar-refractivity contribution < 1.29 is 14.3 Å². The quantitative estimate of drug-likeness (QED) is 0.711. The average molecular weight is 239 g/mol. The van der Waals surface area contributed by atoms with Crippen LogP contribution in [-0.2, 0) is 9.53 Å². The molecule has 0 bridgehead atoms. The fraction of sp³-hybridized carbons (Fsp3) is 0.692. The third-order valence-electron chi connectivity index (χ3n) is 2.84. The second kappa shape index (κ2) is 4.17. The van der Waals surface area contributed by atoms with E-state index < -0.39 is 17.2 Å². The standard InChI is InChI=1S/C13H21NO3/c1-9(2)10(15)13(7-8-13)14(6)11(16)17-12(3,4)5/h1,7-8H2,2-6H3. The van der Waals surface area contributed by atoms with Gasteiger partial charge in [-0.15, -0.1) is 0 Å². The van der Waals surface area contributed by atoms with Crippen LogP contribution in [0.15, 0.2) is 12.2 Å². The monoisotopic (exact) mass is 239 g/mol. The second-order valence-corrected chi connectivity index (χ2v) is 5.68. The Kier molecular flexibility index (Phi) is 3.37. The van der Waals surface area contributed by atoms with Crippen molar-refractivity contribution in [1.29, 1.82) is 0 Å². The molecule has 0 atom stereocenters. The molecule has 0 N–H and O–H groups in total. The minimum absolute atomic E-state index is 0.0640. The molecule has 1 rings (SSSR count). The first-order valence-corrected chi connectivity index (χ1v) is 5.77. The van der Waals surface area contributed by atoms with Crippen LogP contribution in [0.2, 0.25) is 0 Å². The van der Waals surface area contributed by atoms with Gasteiger partial charge in [-0.1, -0.05) is 6.58 Å². The van der Waals surface area contributed by atoms with Gasteiger partial charge in [-0.25, -0.2) is 4.79 Å². The molecule has 0 unspecified atom stereocenters. The summed E-state index contributed by atoms with van der Waals surface area (Å²) in [6, 6.07) is 0. The lowest BCUT2D eigenvalue weighted by Gasteiger charge is -2.30. The van der Waals surface area contributed by atoms with Gasteiger partial charge < -0.3 is 4.74 Å². The van der Waals surface area contributed by atoms with Crippen molar-refractivity contribution in [2.75, 3.05) is 7.05 Å². The summed E-state index contributed by atoms with van der Waals surface area (Å²) in [6.45, 7) is 10.7. The Labute approximate surface area is 103 Å². The van der Waals surface area contributed by atoms with Crippen LogP contribution < -0.4 is 0 Å². The van der Waals surface area contributed by atoms with Crippen LogP contribution in [0.5, 0.6) is 0 Å². The highest BCUT2D eigenvalue weighted by molar-refractivity contribution is 6.05. The van der Waals surface area contributed by atoms with E-state index in [9.17, 15) is 9.59 Å². The predicted octanol–water partition coefficient (Wildman–Crippen LogP) is 2.53. The number of Topliss-reactive ketones (excluding diaryl/α,β-unsaturated/α-hetero) is 1. The number of ether oxygens (including phenoxy) is 1. The van der Waals surface area contributed by atoms with E-state index in [0.29, 0.717) is 18.4 Å². The Hall–Kier alpha value is -1.32. The zero-order chi connectivity index (χ0) is 13.4. The molecule has 0 aliphatic heterocycles. The molecule has 0 aromatic heterocycles. The first-order valence-electron chi connectivity index (χ1n) is 5.77. The maximum atomic E-state index is 12.0. The highest BCUT2D eigenvalue weighted by Gasteiger charge is 2.55. The Morgan fingerprint density at radius 2 is 1.76 bits per heavy atom. The van der Waals surface area contributed by atoms with E-state index in [1.54, 1.807) is 34.7 Å². The molecule has 4 heteroatoms.